The fourth-order valence-corrected chi connectivity index (χ4v) is 3.66. The summed E-state index contributed by atoms with van der Waals surface area (Å²) < 4.78 is 10.1. The molecule has 0 atom stereocenters. The van der Waals surface area contributed by atoms with Gasteiger partial charge in [0.05, 0.1) is 12.2 Å². The van der Waals surface area contributed by atoms with Crippen LogP contribution in [0.15, 0.2) is 23.7 Å². The number of esters is 2. The third-order valence-electron chi connectivity index (χ3n) is 3.83. The van der Waals surface area contributed by atoms with Gasteiger partial charge in [0.1, 0.15) is 10.7 Å². The number of nitrogens with one attached hydrogen (secondary N) is 1. The van der Waals surface area contributed by atoms with Gasteiger partial charge in [0.2, 0.25) is 0 Å². The normalized spacial score (nSPS) is 13.1. The number of carbonyl (C=O) groups excluding carboxylic acids is 3. The Kier molecular flexibility index (Phi) is 6.08. The topological polar surface area (TPSA) is 94.6 Å². The Morgan fingerprint density at radius 3 is 2.74 bits per heavy atom. The summed E-state index contributed by atoms with van der Waals surface area (Å²) in [4.78, 5) is 40.2. The number of rotatable bonds is 7. The summed E-state index contributed by atoms with van der Waals surface area (Å²) in [5.74, 6) is -1.45. The molecule has 0 bridgehead atoms. The van der Waals surface area contributed by atoms with Crippen molar-refractivity contribution in [1.29, 1.82) is 0 Å². The van der Waals surface area contributed by atoms with Gasteiger partial charge in [-0.3, -0.25) is 4.79 Å². The van der Waals surface area contributed by atoms with Crippen LogP contribution in [0.1, 0.15) is 52.1 Å². The molecule has 2 aromatic heterocycles. The number of ether oxygens (including phenoxy) is 2. The monoisotopic (exact) mass is 408 g/mol. The average Bonchev–Trinajstić information content (AvgIpc) is 3.40. The Labute approximate surface area is 164 Å². The first-order chi connectivity index (χ1) is 13.0. The van der Waals surface area contributed by atoms with Crippen molar-refractivity contribution >= 4 is 45.8 Å². The zero-order chi connectivity index (χ0) is 19.4. The van der Waals surface area contributed by atoms with Crippen molar-refractivity contribution in [3.63, 3.8) is 0 Å². The molecule has 2 heterocycles. The Bertz CT molecular complexity index is 878. The Hall–Kier alpha value is -2.45. The van der Waals surface area contributed by atoms with Gasteiger partial charge in [-0.05, 0) is 48.8 Å². The Morgan fingerprint density at radius 1 is 1.30 bits per heavy atom. The quantitative estimate of drug-likeness (QED) is 0.703. The maximum atomic E-state index is 12.3. The number of nitrogens with zero attached hydrogens (tertiary/aromatic N) is 1. The first-order valence-corrected chi connectivity index (χ1v) is 9.62. The number of amides is 1. The number of pyridine rings is 1. The van der Waals surface area contributed by atoms with Crippen LogP contribution in [0.4, 0.5) is 5.00 Å². The highest BCUT2D eigenvalue weighted by Crippen LogP contribution is 2.46. The molecule has 9 heteroatoms. The van der Waals surface area contributed by atoms with Crippen molar-refractivity contribution in [2.75, 3.05) is 18.5 Å². The third-order valence-corrected chi connectivity index (χ3v) is 4.98. The van der Waals surface area contributed by atoms with E-state index in [4.69, 9.17) is 21.1 Å². The van der Waals surface area contributed by atoms with Crippen molar-refractivity contribution in [2.24, 2.45) is 0 Å². The summed E-state index contributed by atoms with van der Waals surface area (Å²) in [5, 5.41) is 5.23. The molecule has 0 spiro atoms. The van der Waals surface area contributed by atoms with Crippen LogP contribution in [-0.4, -0.2) is 36.0 Å². The van der Waals surface area contributed by atoms with E-state index in [0.717, 1.165) is 18.4 Å². The lowest BCUT2D eigenvalue weighted by Crippen LogP contribution is -2.22. The maximum Gasteiger partial charge on any atom is 0.357 e. The van der Waals surface area contributed by atoms with Gasteiger partial charge in [-0.2, -0.15) is 0 Å². The van der Waals surface area contributed by atoms with E-state index < -0.39 is 24.5 Å². The number of carbonyl (C=O) groups is 3. The summed E-state index contributed by atoms with van der Waals surface area (Å²) in [6, 6.07) is 2.87. The molecule has 1 N–H and O–H groups in total. The zero-order valence-corrected chi connectivity index (χ0v) is 16.1. The van der Waals surface area contributed by atoms with Crippen LogP contribution >= 0.6 is 22.9 Å². The van der Waals surface area contributed by atoms with Crippen LogP contribution in [-0.2, 0) is 14.3 Å². The minimum absolute atomic E-state index is 0.00894. The summed E-state index contributed by atoms with van der Waals surface area (Å²) in [6.45, 7) is 1.46. The number of thiophene rings is 1. The summed E-state index contributed by atoms with van der Waals surface area (Å²) in [6.07, 6.45) is 3.40. The van der Waals surface area contributed by atoms with E-state index in [1.165, 1.54) is 29.7 Å². The van der Waals surface area contributed by atoms with Crippen LogP contribution in [0.5, 0.6) is 0 Å². The molecule has 1 saturated carbocycles. The Balaban J connectivity index is 1.64. The predicted molar refractivity (Wildman–Crippen MR) is 100 cm³/mol. The molecule has 142 valence electrons. The van der Waals surface area contributed by atoms with Crippen molar-refractivity contribution in [2.45, 2.75) is 25.7 Å². The van der Waals surface area contributed by atoms with E-state index >= 15 is 0 Å². The second-order valence-corrected chi connectivity index (χ2v) is 7.19. The lowest BCUT2D eigenvalue weighted by molar-refractivity contribution is -0.119. The molecule has 2 aromatic rings. The van der Waals surface area contributed by atoms with E-state index in [0.29, 0.717) is 21.5 Å². The van der Waals surface area contributed by atoms with Crippen molar-refractivity contribution < 1.29 is 23.9 Å². The Morgan fingerprint density at radius 2 is 2.07 bits per heavy atom. The van der Waals surface area contributed by atoms with Crippen LogP contribution in [0.2, 0.25) is 5.02 Å². The van der Waals surface area contributed by atoms with Crippen molar-refractivity contribution in [3.05, 3.63) is 45.6 Å². The van der Waals surface area contributed by atoms with Crippen LogP contribution < -0.4 is 5.32 Å². The molecule has 1 amide bonds. The van der Waals surface area contributed by atoms with E-state index in [2.05, 4.69) is 10.3 Å². The summed E-state index contributed by atoms with van der Waals surface area (Å²) in [7, 11) is 0. The van der Waals surface area contributed by atoms with Gasteiger partial charge in [0, 0.05) is 11.2 Å². The van der Waals surface area contributed by atoms with Gasteiger partial charge in [-0.1, -0.05) is 11.6 Å². The minimum Gasteiger partial charge on any atom is -0.462 e. The molecule has 7 nitrogen and oxygen atoms in total. The SMILES string of the molecule is CCOC(=O)c1c(C2CC2)csc1NC(=O)COC(=O)c1cc(Cl)ccn1. The van der Waals surface area contributed by atoms with Crippen LogP contribution in [0.25, 0.3) is 0 Å². The molecule has 1 aliphatic carbocycles. The fraction of sp³-hybridized carbons (Fsp3) is 0.333. The molecule has 0 saturated heterocycles. The molecular formula is C18H17ClN2O5S. The van der Waals surface area contributed by atoms with Gasteiger partial charge in [0.25, 0.3) is 5.91 Å². The van der Waals surface area contributed by atoms with Crippen LogP contribution in [0, 0.1) is 0 Å². The molecule has 0 aromatic carbocycles. The van der Waals surface area contributed by atoms with Crippen LogP contribution in [0.3, 0.4) is 0 Å². The first kappa shape index (κ1) is 19.3. The molecular weight excluding hydrogens is 392 g/mol. The molecule has 1 fully saturated rings. The fourth-order valence-electron chi connectivity index (χ4n) is 2.46. The molecule has 1 aliphatic rings. The average molecular weight is 409 g/mol. The lowest BCUT2D eigenvalue weighted by atomic mass is 10.1. The van der Waals surface area contributed by atoms with Gasteiger partial charge in [-0.15, -0.1) is 11.3 Å². The molecule has 0 radical (unpaired) electrons. The van der Waals surface area contributed by atoms with E-state index in [-0.39, 0.29) is 12.3 Å². The number of halogens is 1. The zero-order valence-electron chi connectivity index (χ0n) is 14.5. The van der Waals surface area contributed by atoms with E-state index in [1.54, 1.807) is 6.92 Å². The minimum atomic E-state index is -0.761. The standard InChI is InChI=1S/C18H17ClN2O5S/c1-2-25-18(24)15-12(10-3-4-10)9-27-16(15)21-14(22)8-26-17(23)13-7-11(19)5-6-20-13/h5-7,9-10H,2-4,8H2,1H3,(H,21,22). The molecule has 0 unspecified atom stereocenters. The molecule has 27 heavy (non-hydrogen) atoms. The van der Waals surface area contributed by atoms with E-state index in [9.17, 15) is 14.4 Å². The second kappa shape index (κ2) is 8.49. The van der Waals surface area contributed by atoms with Gasteiger partial charge in [0.15, 0.2) is 6.61 Å². The number of aromatic nitrogens is 1. The first-order valence-electron chi connectivity index (χ1n) is 8.36. The number of anilines is 1. The van der Waals surface area contributed by atoms with Gasteiger partial charge >= 0.3 is 11.9 Å². The summed E-state index contributed by atoms with van der Waals surface area (Å²) in [5.41, 5.74) is 1.30. The van der Waals surface area contributed by atoms with Gasteiger partial charge in [-0.25, -0.2) is 14.6 Å². The highest BCUT2D eigenvalue weighted by atomic mass is 35.5. The molecule has 0 aliphatic heterocycles. The van der Waals surface area contributed by atoms with Gasteiger partial charge < -0.3 is 14.8 Å². The summed E-state index contributed by atoms with van der Waals surface area (Å²) >= 11 is 7.05. The predicted octanol–water partition coefficient (Wildman–Crippen LogP) is 3.65. The number of hydrogen-bond acceptors (Lipinski definition) is 7. The van der Waals surface area contributed by atoms with E-state index in [1.807, 2.05) is 5.38 Å². The number of hydrogen-bond donors (Lipinski definition) is 1. The second-order valence-electron chi connectivity index (χ2n) is 5.87. The molecule has 3 rings (SSSR count). The lowest BCUT2D eigenvalue weighted by Gasteiger charge is -2.08. The van der Waals surface area contributed by atoms with Crippen molar-refractivity contribution in [3.8, 4) is 0 Å². The highest BCUT2D eigenvalue weighted by molar-refractivity contribution is 7.15. The largest absolute Gasteiger partial charge is 0.462 e. The van der Waals surface area contributed by atoms with Crippen molar-refractivity contribution in [1.82, 2.24) is 4.98 Å². The highest BCUT2D eigenvalue weighted by Gasteiger charge is 2.32. The maximum absolute atomic E-state index is 12.3. The smallest absolute Gasteiger partial charge is 0.357 e. The third kappa shape index (κ3) is 4.84.